The van der Waals surface area contributed by atoms with Gasteiger partial charge in [0.2, 0.25) is 0 Å². The lowest BCUT2D eigenvalue weighted by Gasteiger charge is -2.11. The summed E-state index contributed by atoms with van der Waals surface area (Å²) >= 11 is 3.42. The molecule has 0 aromatic heterocycles. The van der Waals surface area contributed by atoms with Gasteiger partial charge in [0.25, 0.3) is 0 Å². The van der Waals surface area contributed by atoms with Crippen molar-refractivity contribution in [3.63, 3.8) is 0 Å². The Kier molecular flexibility index (Phi) is 4.74. The molecule has 2 aromatic rings. The van der Waals surface area contributed by atoms with E-state index in [4.69, 9.17) is 9.47 Å². The first-order chi connectivity index (χ1) is 9.63. The molecule has 20 heavy (non-hydrogen) atoms. The predicted octanol–water partition coefficient (Wildman–Crippen LogP) is 3.99. The Morgan fingerprint density at radius 1 is 1.25 bits per heavy atom. The molecular formula is C15H12BrFO3. The number of rotatable bonds is 5. The maximum Gasteiger partial charge on any atom is 0.153 e. The van der Waals surface area contributed by atoms with Crippen LogP contribution < -0.4 is 9.47 Å². The Morgan fingerprint density at radius 2 is 2.05 bits per heavy atom. The second-order valence-electron chi connectivity index (χ2n) is 4.05. The maximum absolute atomic E-state index is 13.0. The average Bonchev–Trinajstić information content (AvgIpc) is 2.47. The number of ether oxygens (including phenoxy) is 2. The lowest BCUT2D eigenvalue weighted by Crippen LogP contribution is -2.00. The van der Waals surface area contributed by atoms with Gasteiger partial charge >= 0.3 is 0 Å². The zero-order valence-corrected chi connectivity index (χ0v) is 12.3. The normalized spacial score (nSPS) is 10.2. The number of hydrogen-bond donors (Lipinski definition) is 0. The van der Waals surface area contributed by atoms with Crippen molar-refractivity contribution in [2.75, 3.05) is 7.11 Å². The molecule has 0 atom stereocenters. The summed E-state index contributed by atoms with van der Waals surface area (Å²) in [5, 5.41) is 0. The van der Waals surface area contributed by atoms with Gasteiger partial charge in [-0.05, 0) is 36.4 Å². The van der Waals surface area contributed by atoms with E-state index in [0.717, 1.165) is 16.1 Å². The van der Waals surface area contributed by atoms with Gasteiger partial charge in [0.1, 0.15) is 23.9 Å². The molecule has 0 aliphatic rings. The predicted molar refractivity (Wildman–Crippen MR) is 76.8 cm³/mol. The number of carbonyl (C=O) groups excluding carboxylic acids is 1. The zero-order chi connectivity index (χ0) is 14.5. The molecule has 0 unspecified atom stereocenters. The summed E-state index contributed by atoms with van der Waals surface area (Å²) in [5.74, 6) is 0.583. The van der Waals surface area contributed by atoms with E-state index in [0.29, 0.717) is 17.8 Å². The zero-order valence-electron chi connectivity index (χ0n) is 10.7. The first kappa shape index (κ1) is 14.5. The summed E-state index contributed by atoms with van der Waals surface area (Å²) in [6, 6.07) is 9.33. The van der Waals surface area contributed by atoms with Crippen molar-refractivity contribution in [3.8, 4) is 11.5 Å². The minimum atomic E-state index is -0.470. The van der Waals surface area contributed by atoms with Gasteiger partial charge in [0.05, 0.1) is 12.7 Å². The highest BCUT2D eigenvalue weighted by atomic mass is 79.9. The number of aldehydes is 1. The summed E-state index contributed by atoms with van der Waals surface area (Å²) in [6.07, 6.45) is 0.568. The Hall–Kier alpha value is -1.88. The van der Waals surface area contributed by atoms with E-state index >= 15 is 0 Å². The van der Waals surface area contributed by atoms with E-state index in [1.54, 1.807) is 7.11 Å². The maximum atomic E-state index is 13.0. The molecule has 0 N–H and O–H groups in total. The van der Waals surface area contributed by atoms with Crippen LogP contribution in [0.3, 0.4) is 0 Å². The van der Waals surface area contributed by atoms with Gasteiger partial charge in [0, 0.05) is 10.0 Å². The van der Waals surface area contributed by atoms with Crippen LogP contribution in [-0.4, -0.2) is 13.4 Å². The van der Waals surface area contributed by atoms with Crippen LogP contribution in [0.4, 0.5) is 4.39 Å². The lowest BCUT2D eigenvalue weighted by molar-refractivity contribution is 0.111. The molecule has 0 aliphatic heterocycles. The van der Waals surface area contributed by atoms with E-state index in [1.807, 2.05) is 18.2 Å². The SMILES string of the molecule is COc1ccc(Br)c(COc2ccc(F)cc2C=O)c1. The van der Waals surface area contributed by atoms with Crippen LogP contribution >= 0.6 is 15.9 Å². The van der Waals surface area contributed by atoms with E-state index in [1.165, 1.54) is 12.1 Å². The monoisotopic (exact) mass is 338 g/mol. The van der Waals surface area contributed by atoms with Crippen molar-refractivity contribution < 1.29 is 18.7 Å². The lowest BCUT2D eigenvalue weighted by atomic mass is 10.2. The van der Waals surface area contributed by atoms with Crippen LogP contribution in [0.25, 0.3) is 0 Å². The number of hydrogen-bond acceptors (Lipinski definition) is 3. The van der Waals surface area contributed by atoms with E-state index in [9.17, 15) is 9.18 Å². The van der Waals surface area contributed by atoms with Crippen molar-refractivity contribution in [1.29, 1.82) is 0 Å². The molecule has 0 aliphatic carbocycles. The molecule has 0 spiro atoms. The highest BCUT2D eigenvalue weighted by molar-refractivity contribution is 9.10. The van der Waals surface area contributed by atoms with Gasteiger partial charge in [-0.25, -0.2) is 4.39 Å². The second-order valence-corrected chi connectivity index (χ2v) is 4.90. The van der Waals surface area contributed by atoms with Gasteiger partial charge in [-0.15, -0.1) is 0 Å². The molecule has 0 bridgehead atoms. The fourth-order valence-corrected chi connectivity index (χ4v) is 2.05. The fourth-order valence-electron chi connectivity index (χ4n) is 1.69. The standard InChI is InChI=1S/C15H12BrFO3/c1-19-13-3-4-14(16)11(7-13)9-20-15-5-2-12(17)6-10(15)8-18/h2-8H,9H2,1H3. The third kappa shape index (κ3) is 3.36. The van der Waals surface area contributed by atoms with Crippen molar-refractivity contribution in [1.82, 2.24) is 0 Å². The largest absolute Gasteiger partial charge is 0.497 e. The molecule has 0 saturated carbocycles. The van der Waals surface area contributed by atoms with E-state index in [-0.39, 0.29) is 12.2 Å². The van der Waals surface area contributed by atoms with Crippen molar-refractivity contribution in [2.45, 2.75) is 6.61 Å². The van der Waals surface area contributed by atoms with Gasteiger partial charge < -0.3 is 9.47 Å². The summed E-state index contributed by atoms with van der Waals surface area (Å²) in [6.45, 7) is 0.240. The van der Waals surface area contributed by atoms with Crippen LogP contribution in [-0.2, 0) is 6.61 Å². The quantitative estimate of drug-likeness (QED) is 0.773. The van der Waals surface area contributed by atoms with Gasteiger partial charge in [-0.2, -0.15) is 0 Å². The number of carbonyl (C=O) groups is 1. The minimum Gasteiger partial charge on any atom is -0.497 e. The van der Waals surface area contributed by atoms with Gasteiger partial charge in [0.15, 0.2) is 6.29 Å². The molecule has 104 valence electrons. The molecular weight excluding hydrogens is 327 g/mol. The summed E-state index contributed by atoms with van der Waals surface area (Å²) in [4.78, 5) is 10.9. The summed E-state index contributed by atoms with van der Waals surface area (Å²) < 4.78 is 24.6. The smallest absolute Gasteiger partial charge is 0.153 e. The average molecular weight is 339 g/mol. The van der Waals surface area contributed by atoms with Crippen LogP contribution in [0.1, 0.15) is 15.9 Å². The molecule has 3 nitrogen and oxygen atoms in total. The number of benzene rings is 2. The fraction of sp³-hybridized carbons (Fsp3) is 0.133. The second kappa shape index (κ2) is 6.52. The molecule has 2 rings (SSSR count). The number of halogens is 2. The van der Waals surface area contributed by atoms with Gasteiger partial charge in [-0.1, -0.05) is 15.9 Å². The molecule has 0 amide bonds. The topological polar surface area (TPSA) is 35.5 Å². The number of methoxy groups -OCH3 is 1. The van der Waals surface area contributed by atoms with Crippen LogP contribution in [0.5, 0.6) is 11.5 Å². The van der Waals surface area contributed by atoms with E-state index in [2.05, 4.69) is 15.9 Å². The van der Waals surface area contributed by atoms with Crippen LogP contribution in [0.15, 0.2) is 40.9 Å². The van der Waals surface area contributed by atoms with Gasteiger partial charge in [-0.3, -0.25) is 4.79 Å². The Labute approximate surface area is 124 Å². The highest BCUT2D eigenvalue weighted by Gasteiger charge is 2.07. The minimum absolute atomic E-state index is 0.184. The van der Waals surface area contributed by atoms with Crippen molar-refractivity contribution in [3.05, 3.63) is 57.8 Å². The molecule has 2 aromatic carbocycles. The van der Waals surface area contributed by atoms with Crippen LogP contribution in [0.2, 0.25) is 0 Å². The van der Waals surface area contributed by atoms with Crippen molar-refractivity contribution in [2.24, 2.45) is 0 Å². The van der Waals surface area contributed by atoms with Crippen molar-refractivity contribution >= 4 is 22.2 Å². The molecule has 0 saturated heterocycles. The third-order valence-corrected chi connectivity index (χ3v) is 3.51. The highest BCUT2D eigenvalue weighted by Crippen LogP contribution is 2.25. The molecule has 0 fully saturated rings. The van der Waals surface area contributed by atoms with Crippen LogP contribution in [0, 0.1) is 5.82 Å². The Morgan fingerprint density at radius 3 is 2.75 bits per heavy atom. The summed E-state index contributed by atoms with van der Waals surface area (Å²) in [7, 11) is 1.58. The molecule has 5 heteroatoms. The Balaban J connectivity index is 2.18. The first-order valence-electron chi connectivity index (χ1n) is 5.84. The first-order valence-corrected chi connectivity index (χ1v) is 6.63. The third-order valence-electron chi connectivity index (χ3n) is 2.73. The molecule has 0 heterocycles. The van der Waals surface area contributed by atoms with E-state index < -0.39 is 5.82 Å². The molecule has 0 radical (unpaired) electrons. The Bertz CT molecular complexity index is 629. The summed E-state index contributed by atoms with van der Waals surface area (Å²) in [5.41, 5.74) is 1.05.